The highest BCUT2D eigenvalue weighted by Gasteiger charge is 2.29. The van der Waals surface area contributed by atoms with Gasteiger partial charge in [0.2, 0.25) is 0 Å². The molecule has 2 heteroatoms. The van der Waals surface area contributed by atoms with Crippen molar-refractivity contribution >= 4 is 0 Å². The average molecular weight is 228 g/mol. The normalized spacial score (nSPS) is 20.4. The van der Waals surface area contributed by atoms with E-state index in [9.17, 15) is 0 Å². The van der Waals surface area contributed by atoms with Gasteiger partial charge in [0.15, 0.2) is 0 Å². The summed E-state index contributed by atoms with van der Waals surface area (Å²) in [4.78, 5) is 2.58. The second-order valence-corrected chi connectivity index (χ2v) is 5.12. The summed E-state index contributed by atoms with van der Waals surface area (Å²) in [5.74, 6) is 0. The lowest BCUT2D eigenvalue weighted by atomic mass is 9.89. The van der Waals surface area contributed by atoms with Crippen LogP contribution in [0.2, 0.25) is 0 Å². The van der Waals surface area contributed by atoms with Crippen molar-refractivity contribution in [3.63, 3.8) is 0 Å². The van der Waals surface area contributed by atoms with Crippen LogP contribution in [0.1, 0.15) is 60.8 Å². The highest BCUT2D eigenvalue weighted by molar-refractivity contribution is 4.89. The van der Waals surface area contributed by atoms with Crippen LogP contribution < -0.4 is 5.32 Å². The van der Waals surface area contributed by atoms with Crippen LogP contribution in [0.25, 0.3) is 0 Å². The molecule has 0 radical (unpaired) electrons. The molecule has 0 bridgehead atoms. The van der Waals surface area contributed by atoms with Crippen molar-refractivity contribution in [2.45, 2.75) is 72.4 Å². The molecule has 0 aromatic heterocycles. The first-order chi connectivity index (χ1) is 7.57. The summed E-state index contributed by atoms with van der Waals surface area (Å²) in [5.41, 5.74) is 0.404. The standard InChI is InChI=1S/C12H26N2.C2H6/c1-5-8-13-12(4)6-9-14(10-7-12)11(2)3;1-2/h11,13H,5-10H2,1-4H3;1-2H3. The van der Waals surface area contributed by atoms with Crippen LogP contribution in [0.5, 0.6) is 0 Å². The highest BCUT2D eigenvalue weighted by atomic mass is 15.2. The van der Waals surface area contributed by atoms with Gasteiger partial charge in [-0.15, -0.1) is 0 Å². The molecule has 0 aromatic carbocycles. The molecule has 2 nitrogen and oxygen atoms in total. The minimum atomic E-state index is 0.404. The van der Waals surface area contributed by atoms with E-state index in [1.807, 2.05) is 13.8 Å². The molecular formula is C14H32N2. The molecule has 0 aromatic rings. The van der Waals surface area contributed by atoms with Gasteiger partial charge in [0, 0.05) is 24.7 Å². The van der Waals surface area contributed by atoms with Gasteiger partial charge in [0.05, 0.1) is 0 Å². The molecule has 0 aliphatic carbocycles. The number of hydrogen-bond donors (Lipinski definition) is 1. The first kappa shape index (κ1) is 15.9. The van der Waals surface area contributed by atoms with Crippen molar-refractivity contribution in [3.05, 3.63) is 0 Å². The fourth-order valence-electron chi connectivity index (χ4n) is 2.14. The Bertz CT molecular complexity index is 158. The van der Waals surface area contributed by atoms with Gasteiger partial charge in [-0.25, -0.2) is 0 Å². The van der Waals surface area contributed by atoms with Gasteiger partial charge in [0.1, 0.15) is 0 Å². The summed E-state index contributed by atoms with van der Waals surface area (Å²) in [6, 6.07) is 0.714. The van der Waals surface area contributed by atoms with Gasteiger partial charge in [-0.3, -0.25) is 0 Å². The lowest BCUT2D eigenvalue weighted by molar-refractivity contribution is 0.120. The third kappa shape index (κ3) is 5.31. The summed E-state index contributed by atoms with van der Waals surface area (Å²) in [6.07, 6.45) is 3.83. The maximum absolute atomic E-state index is 3.68. The van der Waals surface area contributed by atoms with Gasteiger partial charge >= 0.3 is 0 Å². The third-order valence-corrected chi connectivity index (χ3v) is 3.43. The van der Waals surface area contributed by atoms with Crippen molar-refractivity contribution in [3.8, 4) is 0 Å². The quantitative estimate of drug-likeness (QED) is 0.794. The van der Waals surface area contributed by atoms with Gasteiger partial charge in [0.25, 0.3) is 0 Å². The van der Waals surface area contributed by atoms with E-state index >= 15 is 0 Å². The molecule has 98 valence electrons. The zero-order chi connectivity index (χ0) is 12.6. The number of hydrogen-bond acceptors (Lipinski definition) is 2. The first-order valence-electron chi connectivity index (χ1n) is 7.06. The Hall–Kier alpha value is -0.0800. The Kier molecular flexibility index (Phi) is 8.04. The second kappa shape index (κ2) is 8.08. The Labute approximate surface area is 103 Å². The first-order valence-corrected chi connectivity index (χ1v) is 7.06. The van der Waals surface area contributed by atoms with Crippen LogP contribution in [0.15, 0.2) is 0 Å². The van der Waals surface area contributed by atoms with E-state index in [1.54, 1.807) is 0 Å². The van der Waals surface area contributed by atoms with Gasteiger partial charge in [-0.05, 0) is 46.6 Å². The van der Waals surface area contributed by atoms with Crippen molar-refractivity contribution in [1.29, 1.82) is 0 Å². The molecule has 1 saturated heterocycles. The summed E-state index contributed by atoms with van der Waals surface area (Å²) in [5, 5.41) is 3.68. The number of rotatable bonds is 4. The number of nitrogens with zero attached hydrogens (tertiary/aromatic N) is 1. The van der Waals surface area contributed by atoms with E-state index in [2.05, 4.69) is 37.9 Å². The maximum atomic E-state index is 3.68. The van der Waals surface area contributed by atoms with Crippen LogP contribution in [-0.4, -0.2) is 36.1 Å². The summed E-state index contributed by atoms with van der Waals surface area (Å²) in [6.45, 7) is 16.9. The summed E-state index contributed by atoms with van der Waals surface area (Å²) >= 11 is 0. The molecule has 0 atom stereocenters. The van der Waals surface area contributed by atoms with Crippen LogP contribution in [0.4, 0.5) is 0 Å². The molecule has 1 aliphatic heterocycles. The zero-order valence-electron chi connectivity index (χ0n) is 12.3. The smallest absolute Gasteiger partial charge is 0.0177 e. The predicted molar refractivity (Wildman–Crippen MR) is 74.0 cm³/mol. The Morgan fingerprint density at radius 3 is 2.06 bits per heavy atom. The number of likely N-dealkylation sites (tertiary alicyclic amines) is 1. The molecule has 1 N–H and O–H groups in total. The topological polar surface area (TPSA) is 15.3 Å². The lowest BCUT2D eigenvalue weighted by Crippen LogP contribution is -2.52. The minimum absolute atomic E-state index is 0.404. The van der Waals surface area contributed by atoms with Crippen LogP contribution in [0, 0.1) is 0 Å². The van der Waals surface area contributed by atoms with Crippen molar-refractivity contribution in [2.24, 2.45) is 0 Å². The molecule has 0 unspecified atom stereocenters. The van der Waals surface area contributed by atoms with Crippen LogP contribution in [0.3, 0.4) is 0 Å². The van der Waals surface area contributed by atoms with Gasteiger partial charge in [-0.2, -0.15) is 0 Å². The molecule has 1 fully saturated rings. The fourth-order valence-corrected chi connectivity index (χ4v) is 2.14. The van der Waals surface area contributed by atoms with Gasteiger partial charge in [-0.1, -0.05) is 20.8 Å². The molecule has 0 saturated carbocycles. The van der Waals surface area contributed by atoms with E-state index in [-0.39, 0.29) is 0 Å². The highest BCUT2D eigenvalue weighted by Crippen LogP contribution is 2.22. The molecule has 0 spiro atoms. The minimum Gasteiger partial charge on any atom is -0.311 e. The number of piperidine rings is 1. The largest absolute Gasteiger partial charge is 0.311 e. The lowest BCUT2D eigenvalue weighted by Gasteiger charge is -2.41. The SMILES string of the molecule is CC.CCCNC1(C)CCN(C(C)C)CC1. The Balaban J connectivity index is 0.00000106. The monoisotopic (exact) mass is 228 g/mol. The molecule has 1 rings (SSSR count). The molecule has 16 heavy (non-hydrogen) atoms. The van der Waals surface area contributed by atoms with Crippen LogP contribution in [-0.2, 0) is 0 Å². The number of nitrogens with one attached hydrogen (secondary N) is 1. The zero-order valence-corrected chi connectivity index (χ0v) is 12.3. The predicted octanol–water partition coefficient (Wildman–Crippen LogP) is 3.28. The van der Waals surface area contributed by atoms with Gasteiger partial charge < -0.3 is 10.2 Å². The van der Waals surface area contributed by atoms with E-state index in [0.29, 0.717) is 11.6 Å². The van der Waals surface area contributed by atoms with E-state index < -0.39 is 0 Å². The third-order valence-electron chi connectivity index (χ3n) is 3.43. The Morgan fingerprint density at radius 1 is 1.19 bits per heavy atom. The molecule has 1 heterocycles. The van der Waals surface area contributed by atoms with Crippen molar-refractivity contribution in [1.82, 2.24) is 10.2 Å². The summed E-state index contributed by atoms with van der Waals surface area (Å²) < 4.78 is 0. The second-order valence-electron chi connectivity index (χ2n) is 5.12. The maximum Gasteiger partial charge on any atom is 0.0177 e. The summed E-state index contributed by atoms with van der Waals surface area (Å²) in [7, 11) is 0. The van der Waals surface area contributed by atoms with E-state index in [4.69, 9.17) is 0 Å². The van der Waals surface area contributed by atoms with Crippen molar-refractivity contribution in [2.75, 3.05) is 19.6 Å². The molecule has 0 amide bonds. The average Bonchev–Trinajstić information content (AvgIpc) is 2.30. The fraction of sp³-hybridized carbons (Fsp3) is 1.00. The van der Waals surface area contributed by atoms with Crippen LogP contribution >= 0.6 is 0 Å². The Morgan fingerprint density at radius 2 is 1.69 bits per heavy atom. The van der Waals surface area contributed by atoms with E-state index in [1.165, 1.54) is 32.4 Å². The van der Waals surface area contributed by atoms with Crippen molar-refractivity contribution < 1.29 is 0 Å². The molecular weight excluding hydrogens is 196 g/mol. The molecule has 1 aliphatic rings. The van der Waals surface area contributed by atoms with E-state index in [0.717, 1.165) is 6.54 Å².